The number of rotatable bonds is 22. The van der Waals surface area contributed by atoms with Crippen LogP contribution in [0.4, 0.5) is 0 Å². The number of cyclic esters (lactones) is 1. The highest BCUT2D eigenvalue weighted by Gasteiger charge is 2.48. The number of halogens is 1. The summed E-state index contributed by atoms with van der Waals surface area (Å²) < 4.78 is 17.7. The van der Waals surface area contributed by atoms with Crippen LogP contribution in [0, 0.1) is 29.1 Å². The summed E-state index contributed by atoms with van der Waals surface area (Å²) in [7, 11) is 1.49. The molecule has 2 fully saturated rings. The van der Waals surface area contributed by atoms with E-state index in [1.165, 1.54) is 13.2 Å². The summed E-state index contributed by atoms with van der Waals surface area (Å²) in [6, 6.07) is 9.81. The van der Waals surface area contributed by atoms with Gasteiger partial charge in [-0.3, -0.25) is 38.4 Å². The number of hydrogen-bond donors (Lipinski definition) is 4. The summed E-state index contributed by atoms with van der Waals surface area (Å²) >= 11 is 6.38. The molecule has 2 saturated heterocycles. The van der Waals surface area contributed by atoms with Crippen molar-refractivity contribution in [2.45, 2.75) is 162 Å². The average molecular weight is 1080 g/mol. The fraction of sp³-hybridized carbons (Fsp3) is 0.571. The molecule has 5 rings (SSSR count). The van der Waals surface area contributed by atoms with Crippen molar-refractivity contribution in [2.24, 2.45) is 29.1 Å². The van der Waals surface area contributed by atoms with Crippen LogP contribution in [0.3, 0.4) is 0 Å². The first-order chi connectivity index (χ1) is 35.9. The minimum atomic E-state index is -1.17. The number of aryl methyl sites for hydroxylation is 1. The molecule has 3 aliphatic rings. The molecule has 0 saturated carbocycles. The van der Waals surface area contributed by atoms with E-state index in [1.54, 1.807) is 58.9 Å². The summed E-state index contributed by atoms with van der Waals surface area (Å²) in [6.07, 6.45) is 2.15. The number of carbonyl (C=O) groups is 10. The van der Waals surface area contributed by atoms with Gasteiger partial charge in [-0.25, -0.2) is 9.59 Å². The average Bonchev–Trinajstić information content (AvgIpc) is 4.11. The van der Waals surface area contributed by atoms with E-state index in [9.17, 15) is 47.9 Å². The number of Topliss-reactive ketones (excluding diaryl/α,β-unsaturated/α-hetero) is 2. The lowest BCUT2D eigenvalue weighted by atomic mass is 9.88. The molecular weight excluding hydrogens is 1000 g/mol. The molecule has 0 unspecified atom stereocenters. The lowest BCUT2D eigenvalue weighted by Crippen LogP contribution is -2.54. The number of ketones is 2. The van der Waals surface area contributed by atoms with Crippen LogP contribution in [0.25, 0.3) is 0 Å². The number of methoxy groups -OCH3 is 1. The van der Waals surface area contributed by atoms with Crippen LogP contribution >= 0.6 is 11.6 Å². The molecule has 8 atom stereocenters. The molecule has 0 aromatic heterocycles. The minimum absolute atomic E-state index is 0.00282. The second-order valence-electron chi connectivity index (χ2n) is 21.4. The van der Waals surface area contributed by atoms with E-state index < -0.39 is 82.9 Å². The van der Waals surface area contributed by atoms with E-state index in [0.717, 1.165) is 11.1 Å². The Morgan fingerprint density at radius 3 is 2.17 bits per heavy atom. The molecule has 0 bridgehead atoms. The summed E-state index contributed by atoms with van der Waals surface area (Å²) in [6.45, 7) is 14.2. The Hall–Kier alpha value is -6.47. The summed E-state index contributed by atoms with van der Waals surface area (Å²) in [5, 5.41) is 12.0. The maximum atomic E-state index is 14.0. The van der Waals surface area contributed by atoms with Crippen LogP contribution in [-0.4, -0.2) is 108 Å². The van der Waals surface area contributed by atoms with Crippen LogP contribution in [0.5, 0.6) is 5.75 Å². The number of nitrogens with one attached hydrogen (secondary N) is 4. The monoisotopic (exact) mass is 1080 g/mol. The molecule has 2 aromatic carbocycles. The third-order valence-corrected chi connectivity index (χ3v) is 14.2. The Labute approximate surface area is 449 Å². The van der Waals surface area contributed by atoms with Crippen molar-refractivity contribution in [2.75, 3.05) is 13.7 Å². The molecule has 0 radical (unpaired) electrons. The zero-order valence-electron chi connectivity index (χ0n) is 45.0. The third kappa shape index (κ3) is 17.5. The highest BCUT2D eigenvalue weighted by molar-refractivity contribution is 6.32. The van der Waals surface area contributed by atoms with E-state index in [2.05, 4.69) is 21.3 Å². The molecule has 3 aliphatic heterocycles. The fourth-order valence-corrected chi connectivity index (χ4v) is 9.22. The Bertz CT molecular complexity index is 2490. The van der Waals surface area contributed by atoms with E-state index >= 15 is 0 Å². The maximum absolute atomic E-state index is 14.0. The van der Waals surface area contributed by atoms with E-state index in [0.29, 0.717) is 27.8 Å². The minimum Gasteiger partial charge on any atom is -0.495 e. The Kier molecular flexibility index (Phi) is 21.9. The van der Waals surface area contributed by atoms with Gasteiger partial charge in [0.1, 0.15) is 35.8 Å². The zero-order chi connectivity index (χ0) is 56.0. The molecule has 4 N–H and O–H groups in total. The topological polar surface area (TPSA) is 262 Å². The number of epoxide rings is 1. The molecule has 20 heteroatoms. The van der Waals surface area contributed by atoms with Gasteiger partial charge < -0.3 is 40.3 Å². The van der Waals surface area contributed by atoms with Gasteiger partial charge >= 0.3 is 11.9 Å². The van der Waals surface area contributed by atoms with Crippen LogP contribution in [0.2, 0.25) is 5.02 Å². The molecular formula is C56H74ClN5O14. The predicted molar refractivity (Wildman–Crippen MR) is 279 cm³/mol. The molecule has 3 heterocycles. The maximum Gasteiger partial charge on any atom is 0.333 e. The molecule has 6 amide bonds. The quantitative estimate of drug-likeness (QED) is 0.0626. The van der Waals surface area contributed by atoms with Gasteiger partial charge in [-0.05, 0) is 86.8 Å². The van der Waals surface area contributed by atoms with Gasteiger partial charge in [0.2, 0.25) is 23.6 Å². The van der Waals surface area contributed by atoms with Crippen LogP contribution in [0.15, 0.2) is 54.6 Å². The highest BCUT2D eigenvalue weighted by atomic mass is 35.5. The number of hydrogen-bond acceptors (Lipinski definition) is 14. The van der Waals surface area contributed by atoms with Crippen molar-refractivity contribution in [3.8, 4) is 5.75 Å². The van der Waals surface area contributed by atoms with E-state index in [4.69, 9.17) is 30.6 Å². The molecule has 2 aromatic rings. The number of esters is 1. The SMILES string of the molecule is COc1ccc(C[C@H]2NC(=O)/C=C/C[C@@H]([C@H](C)[C@H]3O[C@@H]3c3ccc(CCC(=O)[C@H](C)NC(=O)[C@@H](CC(=O)CCCC(=O)ON4C(=O)CCC4=O)C(C)C)cc3)OC(=O)[C@H](CC(C)C)NC(=O)C(C)(C)CNC2=O)cc1Cl. The van der Waals surface area contributed by atoms with E-state index in [-0.39, 0.29) is 112 Å². The van der Waals surface area contributed by atoms with Gasteiger partial charge in [0.15, 0.2) is 5.78 Å². The summed E-state index contributed by atoms with van der Waals surface area (Å²) in [5.41, 5.74) is 1.23. The molecule has 19 nitrogen and oxygen atoms in total. The second-order valence-corrected chi connectivity index (χ2v) is 21.8. The first kappa shape index (κ1) is 60.4. The van der Waals surface area contributed by atoms with Crippen molar-refractivity contribution < 1.29 is 67.0 Å². The normalized spacial score (nSPS) is 22.9. The first-order valence-electron chi connectivity index (χ1n) is 26.1. The predicted octanol–water partition coefficient (Wildman–Crippen LogP) is 5.71. The lowest BCUT2D eigenvalue weighted by molar-refractivity contribution is -0.197. The Morgan fingerprint density at radius 2 is 1.54 bits per heavy atom. The molecule has 0 spiro atoms. The van der Waals surface area contributed by atoms with Crippen molar-refractivity contribution in [1.29, 1.82) is 0 Å². The van der Waals surface area contributed by atoms with Gasteiger partial charge in [0.25, 0.3) is 11.8 Å². The Morgan fingerprint density at radius 1 is 0.868 bits per heavy atom. The number of ether oxygens (including phenoxy) is 3. The molecule has 0 aliphatic carbocycles. The fourth-order valence-electron chi connectivity index (χ4n) is 8.94. The first-order valence-corrected chi connectivity index (χ1v) is 26.5. The van der Waals surface area contributed by atoms with Gasteiger partial charge in [0, 0.05) is 69.7 Å². The lowest BCUT2D eigenvalue weighted by Gasteiger charge is -2.30. The number of imide groups is 1. The molecule has 414 valence electrons. The van der Waals surface area contributed by atoms with Crippen molar-refractivity contribution in [3.05, 3.63) is 76.3 Å². The van der Waals surface area contributed by atoms with Gasteiger partial charge in [0.05, 0.1) is 29.7 Å². The van der Waals surface area contributed by atoms with Gasteiger partial charge in [-0.2, -0.15) is 0 Å². The highest BCUT2D eigenvalue weighted by Crippen LogP contribution is 2.45. The third-order valence-electron chi connectivity index (χ3n) is 13.9. The smallest absolute Gasteiger partial charge is 0.333 e. The number of hydroxylamine groups is 2. The largest absolute Gasteiger partial charge is 0.495 e. The number of nitrogens with zero attached hydrogens (tertiary/aromatic N) is 1. The number of amides is 6. The van der Waals surface area contributed by atoms with Crippen molar-refractivity contribution >= 4 is 70.5 Å². The Balaban J connectivity index is 1.17. The zero-order valence-corrected chi connectivity index (χ0v) is 45.8. The molecule has 76 heavy (non-hydrogen) atoms. The summed E-state index contributed by atoms with van der Waals surface area (Å²) in [5.74, 6) is -5.92. The standard InChI is InChI=1S/C56H74ClN5O14/c1-31(2)26-42-54(71)74-44(13-11-14-46(65)60-41(28-36-19-23-45(73-9)40(57)27-36)53(70)58-30-56(7,8)55(72)61-42)33(5)50-51(75-50)37-20-16-35(17-21-37)18-22-43(64)34(6)59-52(69)39(32(3)4)29-38(63)12-10-15-49(68)76-62-47(66)24-25-48(62)67/h11,14,16-17,19-21,23,27,31-34,39,41-42,44,50-51H,10,12-13,15,18,22,24-26,28-30H2,1-9H3,(H,58,70)(H,59,69)(H,60,65)(H,61,72)/b14-11+/t33-,34-,39-,41+,42-,44-,50+,51+/m0/s1. The van der Waals surface area contributed by atoms with Gasteiger partial charge in [-0.1, -0.05) is 82.6 Å². The van der Waals surface area contributed by atoms with Crippen LogP contribution in [-0.2, 0) is 75.1 Å². The number of benzene rings is 2. The van der Waals surface area contributed by atoms with Gasteiger partial charge in [-0.15, -0.1) is 5.06 Å². The van der Waals surface area contributed by atoms with E-state index in [1.807, 2.05) is 45.0 Å². The van der Waals surface area contributed by atoms with Crippen molar-refractivity contribution in [3.63, 3.8) is 0 Å². The van der Waals surface area contributed by atoms with Crippen molar-refractivity contribution in [1.82, 2.24) is 26.3 Å². The second kappa shape index (κ2) is 27.5. The van der Waals surface area contributed by atoms with Crippen LogP contribution < -0.4 is 26.0 Å². The summed E-state index contributed by atoms with van der Waals surface area (Å²) in [4.78, 5) is 135. The van der Waals surface area contributed by atoms with Crippen LogP contribution in [0.1, 0.15) is 136 Å². The number of carbonyl (C=O) groups excluding carboxylic acids is 10.